The summed E-state index contributed by atoms with van der Waals surface area (Å²) in [5.74, 6) is 0.584. The minimum absolute atomic E-state index is 0.0927. The molecule has 4 aromatic rings. The summed E-state index contributed by atoms with van der Waals surface area (Å²) in [7, 11) is 1.63. The van der Waals surface area contributed by atoms with Gasteiger partial charge in [-0.05, 0) is 43.7 Å². The van der Waals surface area contributed by atoms with Crippen LogP contribution in [-0.4, -0.2) is 37.6 Å². The van der Waals surface area contributed by atoms with Crippen molar-refractivity contribution < 1.29 is 14.6 Å². The van der Waals surface area contributed by atoms with Gasteiger partial charge in [-0.15, -0.1) is 0 Å². The van der Waals surface area contributed by atoms with Crippen LogP contribution in [0.3, 0.4) is 0 Å². The summed E-state index contributed by atoms with van der Waals surface area (Å²) in [5, 5.41) is 16.6. The Morgan fingerprint density at radius 3 is 2.83 bits per heavy atom. The maximum absolute atomic E-state index is 11.2. The first-order valence-electron chi connectivity index (χ1n) is 9.93. The van der Waals surface area contributed by atoms with Crippen LogP contribution in [0.15, 0.2) is 30.6 Å². The number of hydrogen-bond donors (Lipinski definition) is 2. The second-order valence-corrected chi connectivity index (χ2v) is 7.70. The van der Waals surface area contributed by atoms with Crippen molar-refractivity contribution in [2.24, 2.45) is 5.92 Å². The summed E-state index contributed by atoms with van der Waals surface area (Å²) >= 11 is 0. The summed E-state index contributed by atoms with van der Waals surface area (Å²) in [4.78, 5) is 23.7. The fourth-order valence-electron chi connectivity index (χ4n) is 4.44. The molecule has 0 saturated heterocycles. The Labute approximate surface area is 171 Å². The van der Waals surface area contributed by atoms with Gasteiger partial charge in [0.05, 0.1) is 18.3 Å². The van der Waals surface area contributed by atoms with E-state index in [0.29, 0.717) is 42.7 Å². The number of methoxy groups -OCH3 is 1. The third-order valence-corrected chi connectivity index (χ3v) is 6.00. The lowest BCUT2D eigenvalue weighted by molar-refractivity contribution is -0.312. The number of nitrogen functional groups attached to an aromatic ring is 1. The third kappa shape index (κ3) is 2.85. The fraction of sp³-hybridized carbons (Fsp3) is 0.333. The molecule has 0 atom stereocenters. The SMILES string of the molecule is COc1cccc2cc(-c3nc(C4CCC(C(=O)[O-])CC4)n4ncnc(N)c34)[nH]c12. The minimum atomic E-state index is -0.972. The van der Waals surface area contributed by atoms with Crippen molar-refractivity contribution in [3.63, 3.8) is 0 Å². The van der Waals surface area contributed by atoms with Crippen molar-refractivity contribution in [3.05, 3.63) is 36.4 Å². The molecule has 5 rings (SSSR count). The largest absolute Gasteiger partial charge is 0.550 e. The number of aromatic amines is 1. The zero-order chi connectivity index (χ0) is 20.8. The normalized spacial score (nSPS) is 19.4. The van der Waals surface area contributed by atoms with Crippen LogP contribution in [0, 0.1) is 5.92 Å². The number of aliphatic carboxylic acids is 1. The number of nitrogens with one attached hydrogen (secondary N) is 1. The molecule has 154 valence electrons. The number of nitrogens with zero attached hydrogens (tertiary/aromatic N) is 4. The number of para-hydroxylation sites is 1. The fourth-order valence-corrected chi connectivity index (χ4v) is 4.44. The lowest BCUT2D eigenvalue weighted by Crippen LogP contribution is -2.33. The quantitative estimate of drug-likeness (QED) is 0.529. The van der Waals surface area contributed by atoms with E-state index in [4.69, 9.17) is 15.5 Å². The van der Waals surface area contributed by atoms with Crippen LogP contribution in [-0.2, 0) is 4.79 Å². The summed E-state index contributed by atoms with van der Waals surface area (Å²) < 4.78 is 7.20. The molecule has 9 heteroatoms. The minimum Gasteiger partial charge on any atom is -0.550 e. The molecule has 0 spiro atoms. The predicted octanol–water partition coefficient (Wildman–Crippen LogP) is 1.89. The van der Waals surface area contributed by atoms with Crippen molar-refractivity contribution in [2.75, 3.05) is 12.8 Å². The summed E-state index contributed by atoms with van der Waals surface area (Å²) in [5.41, 5.74) is 9.19. The molecule has 1 fully saturated rings. The van der Waals surface area contributed by atoms with E-state index in [0.717, 1.165) is 28.2 Å². The smallest absolute Gasteiger partial charge is 0.153 e. The highest BCUT2D eigenvalue weighted by atomic mass is 16.5. The van der Waals surface area contributed by atoms with E-state index in [1.807, 2.05) is 24.3 Å². The number of carboxylic acids is 1. The Balaban J connectivity index is 1.63. The van der Waals surface area contributed by atoms with E-state index in [9.17, 15) is 9.90 Å². The molecule has 0 amide bonds. The Bertz CT molecular complexity index is 1250. The molecule has 3 aromatic heterocycles. The van der Waals surface area contributed by atoms with Crippen molar-refractivity contribution in [1.29, 1.82) is 0 Å². The second kappa shape index (κ2) is 7.01. The van der Waals surface area contributed by atoms with Crippen LogP contribution in [0.1, 0.15) is 37.4 Å². The zero-order valence-corrected chi connectivity index (χ0v) is 16.5. The van der Waals surface area contributed by atoms with E-state index in [2.05, 4.69) is 15.1 Å². The van der Waals surface area contributed by atoms with Gasteiger partial charge in [-0.2, -0.15) is 5.10 Å². The van der Waals surface area contributed by atoms with E-state index in [1.54, 1.807) is 11.6 Å². The predicted molar refractivity (Wildman–Crippen MR) is 109 cm³/mol. The van der Waals surface area contributed by atoms with Crippen LogP contribution in [0.25, 0.3) is 27.8 Å². The zero-order valence-electron chi connectivity index (χ0n) is 16.5. The molecule has 1 saturated carbocycles. The number of benzene rings is 1. The number of imidazole rings is 1. The average Bonchev–Trinajstić information content (AvgIpc) is 3.36. The lowest BCUT2D eigenvalue weighted by Gasteiger charge is -2.28. The topological polar surface area (TPSA) is 134 Å². The number of anilines is 1. The van der Waals surface area contributed by atoms with Crippen LogP contribution >= 0.6 is 0 Å². The van der Waals surface area contributed by atoms with Gasteiger partial charge in [-0.1, -0.05) is 12.1 Å². The molecule has 0 aliphatic heterocycles. The van der Waals surface area contributed by atoms with Crippen molar-refractivity contribution in [1.82, 2.24) is 24.6 Å². The van der Waals surface area contributed by atoms with E-state index in [-0.39, 0.29) is 5.92 Å². The number of fused-ring (bicyclic) bond motifs is 2. The molecule has 30 heavy (non-hydrogen) atoms. The number of ether oxygens (including phenoxy) is 1. The molecule has 0 radical (unpaired) electrons. The molecule has 3 N–H and O–H groups in total. The second-order valence-electron chi connectivity index (χ2n) is 7.70. The number of H-pyrrole nitrogens is 1. The van der Waals surface area contributed by atoms with Gasteiger partial charge in [0, 0.05) is 17.3 Å². The summed E-state index contributed by atoms with van der Waals surface area (Å²) in [6.07, 6.45) is 3.98. The summed E-state index contributed by atoms with van der Waals surface area (Å²) in [6.45, 7) is 0. The number of carbonyl (C=O) groups excluding carboxylic acids is 1. The molecular weight excluding hydrogens is 384 g/mol. The molecule has 1 aliphatic carbocycles. The Kier molecular flexibility index (Phi) is 4.30. The van der Waals surface area contributed by atoms with Crippen LogP contribution < -0.4 is 15.6 Å². The maximum Gasteiger partial charge on any atom is 0.153 e. The van der Waals surface area contributed by atoms with E-state index >= 15 is 0 Å². The van der Waals surface area contributed by atoms with Crippen molar-refractivity contribution in [2.45, 2.75) is 31.6 Å². The monoisotopic (exact) mass is 405 g/mol. The van der Waals surface area contributed by atoms with Gasteiger partial charge in [0.15, 0.2) is 5.82 Å². The van der Waals surface area contributed by atoms with Gasteiger partial charge in [0.2, 0.25) is 0 Å². The average molecular weight is 405 g/mol. The van der Waals surface area contributed by atoms with Gasteiger partial charge >= 0.3 is 0 Å². The maximum atomic E-state index is 11.2. The number of hydrogen-bond acceptors (Lipinski definition) is 7. The first-order valence-corrected chi connectivity index (χ1v) is 9.93. The highest BCUT2D eigenvalue weighted by Gasteiger charge is 2.29. The number of rotatable bonds is 4. The number of nitrogens with two attached hydrogens (primary N) is 1. The molecule has 1 aromatic carbocycles. The summed E-state index contributed by atoms with van der Waals surface area (Å²) in [6, 6.07) is 7.83. The standard InChI is InChI=1S/C21H22N6O3/c1-30-15-4-2-3-13-9-14(25-16(13)15)17-18-19(22)23-10-24-27(18)20(26-17)11-5-7-12(8-6-11)21(28)29/h2-4,9-12,25H,5-8H2,1H3,(H,28,29)(H2,22,23,24)/p-1. The van der Waals surface area contributed by atoms with Gasteiger partial charge in [-0.3, -0.25) is 0 Å². The van der Waals surface area contributed by atoms with E-state index < -0.39 is 11.9 Å². The van der Waals surface area contributed by atoms with Gasteiger partial charge in [0.1, 0.15) is 29.1 Å². The van der Waals surface area contributed by atoms with E-state index in [1.165, 1.54) is 6.33 Å². The van der Waals surface area contributed by atoms with Gasteiger partial charge in [0.25, 0.3) is 0 Å². The first kappa shape index (κ1) is 18.4. The molecule has 9 nitrogen and oxygen atoms in total. The van der Waals surface area contributed by atoms with Crippen LogP contribution in [0.2, 0.25) is 0 Å². The molecule has 0 bridgehead atoms. The van der Waals surface area contributed by atoms with Crippen LogP contribution in [0.4, 0.5) is 5.82 Å². The number of aromatic nitrogens is 5. The number of carboxylic acid groups (broad SMARTS) is 1. The molecule has 3 heterocycles. The van der Waals surface area contributed by atoms with Gasteiger partial charge in [-0.25, -0.2) is 14.5 Å². The first-order chi connectivity index (χ1) is 14.6. The Morgan fingerprint density at radius 1 is 1.30 bits per heavy atom. The Morgan fingerprint density at radius 2 is 2.10 bits per heavy atom. The lowest BCUT2D eigenvalue weighted by atomic mass is 9.82. The molecular formula is C21H21N6O3-. The highest BCUT2D eigenvalue weighted by molar-refractivity contribution is 5.93. The molecule has 1 aliphatic rings. The van der Waals surface area contributed by atoms with Gasteiger partial charge < -0.3 is 25.4 Å². The third-order valence-electron chi connectivity index (χ3n) is 6.00. The van der Waals surface area contributed by atoms with Crippen LogP contribution in [0.5, 0.6) is 5.75 Å². The Hall–Kier alpha value is -3.62. The number of carbonyl (C=O) groups is 1. The van der Waals surface area contributed by atoms with Crippen molar-refractivity contribution in [3.8, 4) is 17.1 Å². The molecule has 0 unspecified atom stereocenters. The van der Waals surface area contributed by atoms with Crippen molar-refractivity contribution >= 4 is 28.2 Å². The highest BCUT2D eigenvalue weighted by Crippen LogP contribution is 2.39.